The molecule has 1 aromatic carbocycles. The van der Waals surface area contributed by atoms with Crippen molar-refractivity contribution in [1.29, 1.82) is 0 Å². The van der Waals surface area contributed by atoms with Crippen LogP contribution in [0.25, 0.3) is 0 Å². The van der Waals surface area contributed by atoms with Crippen molar-refractivity contribution in [2.45, 2.75) is 5.33 Å². The van der Waals surface area contributed by atoms with Crippen LogP contribution in [0.15, 0.2) is 18.2 Å². The van der Waals surface area contributed by atoms with Gasteiger partial charge in [-0.1, -0.05) is 15.9 Å². The van der Waals surface area contributed by atoms with Crippen LogP contribution in [-0.2, 0) is 25.8 Å². The van der Waals surface area contributed by atoms with Crippen molar-refractivity contribution in [1.82, 2.24) is 0 Å². The van der Waals surface area contributed by atoms with Crippen LogP contribution in [0.2, 0.25) is 0 Å². The molecule has 0 aliphatic carbocycles. The summed E-state index contributed by atoms with van der Waals surface area (Å²) in [7, 11) is 0. The van der Waals surface area contributed by atoms with E-state index >= 15 is 0 Å². The minimum absolute atomic E-state index is 0. The maximum atomic E-state index is 3.29. The van der Waals surface area contributed by atoms with Gasteiger partial charge in [0.05, 0.1) is 0 Å². The molecule has 0 atom stereocenters. The number of hydrogen-bond donors (Lipinski definition) is 0. The second kappa shape index (κ2) is 8.70. The molecule has 0 amide bonds. The molecule has 0 unspecified atom stereocenters. The number of halogens is 1. The van der Waals surface area contributed by atoms with E-state index in [9.17, 15) is 0 Å². The largest absolute Gasteiger partial charge is 0.355 e. The number of alkyl halides is 1. The van der Waals surface area contributed by atoms with Gasteiger partial charge in [0.1, 0.15) is 0 Å². The maximum Gasteiger partial charge on any atom is 0 e. The molecule has 0 heterocycles. The minimum atomic E-state index is 0. The normalized spacial score (nSPS) is 7.30. The van der Waals surface area contributed by atoms with E-state index in [1.54, 1.807) is 0 Å². The molecule has 1 radical (unpaired) electrons. The van der Waals surface area contributed by atoms with E-state index in [4.69, 9.17) is 0 Å². The number of benzene rings is 1. The van der Waals surface area contributed by atoms with E-state index in [0.29, 0.717) is 0 Å². The van der Waals surface area contributed by atoms with Crippen LogP contribution in [-0.4, -0.2) is 0 Å². The predicted molar refractivity (Wildman–Crippen MR) is 36.7 cm³/mol. The van der Waals surface area contributed by atoms with Crippen molar-refractivity contribution < 1.29 is 57.7 Å². The van der Waals surface area contributed by atoms with Crippen molar-refractivity contribution in [3.05, 3.63) is 35.9 Å². The number of hydrogen-bond acceptors (Lipinski definition) is 0. The quantitative estimate of drug-likeness (QED) is 0.392. The van der Waals surface area contributed by atoms with Crippen LogP contribution in [0.5, 0.6) is 0 Å². The van der Waals surface area contributed by atoms with Gasteiger partial charge >= 0.3 is 0 Å². The Bertz CT molecular complexity index is 155. The maximum absolute atomic E-state index is 3.29. The van der Waals surface area contributed by atoms with Crippen molar-refractivity contribution in [3.63, 3.8) is 0 Å². The van der Waals surface area contributed by atoms with Gasteiger partial charge in [-0.3, -0.25) is 23.8 Å². The Labute approximate surface area is 113 Å². The summed E-state index contributed by atoms with van der Waals surface area (Å²) in [5, 5.41) is 0.841. The molecule has 0 fully saturated rings. The predicted octanol–water partition coefficient (Wildman–Crippen LogP) is 2.18. The van der Waals surface area contributed by atoms with Gasteiger partial charge in [-0.25, -0.2) is 0 Å². The van der Waals surface area contributed by atoms with E-state index < -0.39 is 0 Å². The standard InChI is InChI=1S/C7H5Br.Er.Re/c8-6-7-4-2-1-3-5-7;;/h1-3H,6H2;;/q-2;;. The third kappa shape index (κ3) is 5.28. The summed E-state index contributed by atoms with van der Waals surface area (Å²) >= 11 is 3.29. The summed E-state index contributed by atoms with van der Waals surface area (Å²) in [6.07, 6.45) is 0. The fraction of sp³-hybridized carbons (Fsp3) is 0.143. The van der Waals surface area contributed by atoms with Crippen molar-refractivity contribution in [2.24, 2.45) is 0 Å². The van der Waals surface area contributed by atoms with Crippen molar-refractivity contribution >= 4 is 15.9 Å². The zero-order chi connectivity index (χ0) is 5.82. The average molecular weight is 522 g/mol. The smallest absolute Gasteiger partial charge is 0 e. The second-order valence-corrected chi connectivity index (χ2v) is 1.99. The minimum Gasteiger partial charge on any atom is -0.355 e. The SMILES string of the molecule is BrCc1[c-]ccc[c-]1.[Er].[Re]. The molecular formula is C7H5BrErRe-2. The molecule has 0 saturated carbocycles. The van der Waals surface area contributed by atoms with E-state index in [2.05, 4.69) is 28.1 Å². The van der Waals surface area contributed by atoms with E-state index in [1.165, 1.54) is 0 Å². The van der Waals surface area contributed by atoms with E-state index in [-0.39, 0.29) is 57.7 Å². The van der Waals surface area contributed by atoms with Gasteiger partial charge in [0.25, 0.3) is 0 Å². The molecule has 0 saturated heterocycles. The van der Waals surface area contributed by atoms with Crippen molar-refractivity contribution in [3.8, 4) is 0 Å². The molecule has 10 heavy (non-hydrogen) atoms. The van der Waals surface area contributed by atoms with E-state index in [1.807, 2.05) is 18.2 Å². The summed E-state index contributed by atoms with van der Waals surface area (Å²) in [6, 6.07) is 11.7. The van der Waals surface area contributed by atoms with Gasteiger partial charge < -0.3 is 12.1 Å². The van der Waals surface area contributed by atoms with Crippen LogP contribution in [0.1, 0.15) is 5.56 Å². The van der Waals surface area contributed by atoms with Crippen LogP contribution in [0, 0.1) is 49.4 Å². The van der Waals surface area contributed by atoms with E-state index in [0.717, 1.165) is 10.9 Å². The van der Waals surface area contributed by atoms with Gasteiger partial charge in [0.15, 0.2) is 0 Å². The van der Waals surface area contributed by atoms with Gasteiger partial charge in [-0.15, -0.1) is 0 Å². The Balaban J connectivity index is 0. The molecule has 0 nitrogen and oxygen atoms in total. The van der Waals surface area contributed by atoms with Crippen LogP contribution >= 0.6 is 15.9 Å². The Kier molecular flexibility index (Phi) is 12.3. The van der Waals surface area contributed by atoms with Gasteiger partial charge in [0.2, 0.25) is 0 Å². The molecule has 0 spiro atoms. The molecule has 1 aromatic rings. The fourth-order valence-corrected chi connectivity index (χ4v) is 0.788. The first-order valence-corrected chi connectivity index (χ1v) is 3.49. The topological polar surface area (TPSA) is 0 Å². The average Bonchev–Trinajstić information content (AvgIpc) is 1.90. The van der Waals surface area contributed by atoms with Crippen LogP contribution in [0.3, 0.4) is 0 Å². The first-order chi connectivity index (χ1) is 3.93. The molecular weight excluding hydrogens is 517 g/mol. The number of rotatable bonds is 1. The molecule has 1 rings (SSSR count). The molecule has 3 heteroatoms. The van der Waals surface area contributed by atoms with Crippen LogP contribution < -0.4 is 0 Å². The summed E-state index contributed by atoms with van der Waals surface area (Å²) in [4.78, 5) is 0. The Morgan fingerprint density at radius 2 is 1.80 bits per heavy atom. The summed E-state index contributed by atoms with van der Waals surface area (Å²) in [5.41, 5.74) is 1.08. The van der Waals surface area contributed by atoms with Crippen LogP contribution in [0.4, 0.5) is 0 Å². The molecule has 0 aromatic heterocycles. The summed E-state index contributed by atoms with van der Waals surface area (Å²) in [5.74, 6) is 0. The Morgan fingerprint density at radius 3 is 2.10 bits per heavy atom. The molecule has 0 bridgehead atoms. The summed E-state index contributed by atoms with van der Waals surface area (Å²) in [6.45, 7) is 0. The molecule has 0 aliphatic heterocycles. The molecule has 61 valence electrons. The Morgan fingerprint density at radius 1 is 1.30 bits per heavy atom. The Hall–Kier alpha value is 1.61. The van der Waals surface area contributed by atoms with Gasteiger partial charge in [-0.05, 0) is 5.33 Å². The monoisotopic (exact) mass is 521 g/mol. The summed E-state index contributed by atoms with van der Waals surface area (Å²) < 4.78 is 0. The molecule has 0 N–H and O–H groups in total. The zero-order valence-corrected chi connectivity index (χ0v) is 11.1. The zero-order valence-electron chi connectivity index (χ0n) is 4.98. The molecule has 0 aliphatic rings. The third-order valence-electron chi connectivity index (χ3n) is 0.841. The first kappa shape index (κ1) is 14.2. The second-order valence-electron chi connectivity index (χ2n) is 1.43. The first-order valence-electron chi connectivity index (χ1n) is 2.36. The van der Waals surface area contributed by atoms with Gasteiger partial charge in [-0.2, -0.15) is 0 Å². The van der Waals surface area contributed by atoms with Crippen molar-refractivity contribution in [2.75, 3.05) is 0 Å². The third-order valence-corrected chi connectivity index (χ3v) is 1.40. The van der Waals surface area contributed by atoms with Gasteiger partial charge in [0, 0.05) is 57.7 Å². The fourth-order valence-electron chi connectivity index (χ4n) is 0.464.